The Balaban J connectivity index is 1.29. The highest BCUT2D eigenvalue weighted by atomic mass is 16.3. The van der Waals surface area contributed by atoms with E-state index in [9.17, 15) is 5.11 Å². The average Bonchev–Trinajstić information content (AvgIpc) is 2.77. The van der Waals surface area contributed by atoms with E-state index >= 15 is 0 Å². The number of aromatic hydroxyl groups is 1. The zero-order chi connectivity index (χ0) is 20.1. The molecule has 4 rings (SSSR count). The molecule has 1 aliphatic heterocycles. The number of para-hydroxylation sites is 1. The molecule has 0 unspecified atom stereocenters. The zero-order valence-corrected chi connectivity index (χ0v) is 17.8. The number of benzene rings is 2. The maximum Gasteiger partial charge on any atom is 0.115 e. The van der Waals surface area contributed by atoms with Crippen molar-refractivity contribution in [2.45, 2.75) is 38.6 Å². The maximum atomic E-state index is 9.87. The molecule has 0 spiro atoms. The summed E-state index contributed by atoms with van der Waals surface area (Å²) in [5.41, 5.74) is 4.12. The number of piperazine rings is 1. The van der Waals surface area contributed by atoms with Gasteiger partial charge >= 0.3 is 0 Å². The van der Waals surface area contributed by atoms with Gasteiger partial charge in [0.15, 0.2) is 0 Å². The van der Waals surface area contributed by atoms with Gasteiger partial charge in [-0.1, -0.05) is 31.2 Å². The lowest BCUT2D eigenvalue weighted by atomic mass is 9.87. The molecule has 0 saturated carbocycles. The number of rotatable bonds is 7. The number of fused-ring (bicyclic) bond motifs is 1. The molecule has 0 bridgehead atoms. The minimum atomic E-state index is 0.405. The van der Waals surface area contributed by atoms with Gasteiger partial charge in [-0.05, 0) is 67.6 Å². The highest BCUT2D eigenvalue weighted by molar-refractivity contribution is 5.46. The Labute approximate surface area is 175 Å². The lowest BCUT2D eigenvalue weighted by Crippen LogP contribution is -2.50. The average molecular weight is 394 g/mol. The van der Waals surface area contributed by atoms with Gasteiger partial charge in [-0.2, -0.15) is 0 Å². The van der Waals surface area contributed by atoms with Crippen molar-refractivity contribution in [3.8, 4) is 5.75 Å². The van der Waals surface area contributed by atoms with E-state index in [1.165, 1.54) is 36.2 Å². The summed E-state index contributed by atoms with van der Waals surface area (Å²) in [6.45, 7) is 10.3. The first kappa shape index (κ1) is 20.2. The smallest absolute Gasteiger partial charge is 0.115 e. The Morgan fingerprint density at radius 3 is 2.52 bits per heavy atom. The SMILES string of the molecule is CCCN(CCN1CCN(c2ccccc2)CC1)[C@H]1CCc2ccc(O)cc2C1. The van der Waals surface area contributed by atoms with Crippen LogP contribution in [0, 0.1) is 0 Å². The molecule has 0 aromatic heterocycles. The van der Waals surface area contributed by atoms with Gasteiger partial charge in [-0.25, -0.2) is 0 Å². The molecule has 156 valence electrons. The quantitative estimate of drug-likeness (QED) is 0.775. The fourth-order valence-corrected chi connectivity index (χ4v) is 4.94. The Hall–Kier alpha value is -2.04. The van der Waals surface area contributed by atoms with E-state index in [1.54, 1.807) is 0 Å². The zero-order valence-electron chi connectivity index (χ0n) is 17.8. The third-order valence-corrected chi connectivity index (χ3v) is 6.62. The molecule has 2 aromatic carbocycles. The summed E-state index contributed by atoms with van der Waals surface area (Å²) in [4.78, 5) is 7.84. The molecule has 1 heterocycles. The number of phenols is 1. The fraction of sp³-hybridized carbons (Fsp3) is 0.520. The van der Waals surface area contributed by atoms with Crippen molar-refractivity contribution in [1.29, 1.82) is 0 Å². The number of nitrogens with zero attached hydrogens (tertiary/aromatic N) is 3. The minimum absolute atomic E-state index is 0.405. The lowest BCUT2D eigenvalue weighted by Gasteiger charge is -2.39. The van der Waals surface area contributed by atoms with Crippen LogP contribution in [0.5, 0.6) is 5.75 Å². The number of aryl methyl sites for hydroxylation is 1. The standard InChI is InChI=1S/C25H35N3O/c1-2-12-27(24-10-8-21-9-11-25(29)20-22(21)19-24)16-13-26-14-17-28(18-15-26)23-6-4-3-5-7-23/h3-7,9,11,20,24,29H,2,8,10,12-19H2,1H3/t24-/m0/s1. The first-order valence-corrected chi connectivity index (χ1v) is 11.3. The fourth-order valence-electron chi connectivity index (χ4n) is 4.94. The molecule has 0 amide bonds. The summed E-state index contributed by atoms with van der Waals surface area (Å²) in [5.74, 6) is 0.405. The van der Waals surface area contributed by atoms with Gasteiger partial charge in [0.25, 0.3) is 0 Å². The topological polar surface area (TPSA) is 30.0 Å². The highest BCUT2D eigenvalue weighted by Gasteiger charge is 2.25. The van der Waals surface area contributed by atoms with E-state index in [1.807, 2.05) is 12.1 Å². The van der Waals surface area contributed by atoms with Crippen molar-refractivity contribution in [1.82, 2.24) is 9.80 Å². The Morgan fingerprint density at radius 1 is 0.966 bits per heavy atom. The van der Waals surface area contributed by atoms with Crippen molar-refractivity contribution in [2.24, 2.45) is 0 Å². The second-order valence-corrected chi connectivity index (χ2v) is 8.55. The molecule has 2 aliphatic rings. The van der Waals surface area contributed by atoms with Crippen LogP contribution in [0.3, 0.4) is 0 Å². The lowest BCUT2D eigenvalue weighted by molar-refractivity contribution is 0.145. The molecule has 1 fully saturated rings. The van der Waals surface area contributed by atoms with Crippen LogP contribution in [-0.2, 0) is 12.8 Å². The van der Waals surface area contributed by atoms with Crippen LogP contribution in [0.1, 0.15) is 30.9 Å². The monoisotopic (exact) mass is 393 g/mol. The van der Waals surface area contributed by atoms with Crippen LogP contribution >= 0.6 is 0 Å². The number of hydrogen-bond acceptors (Lipinski definition) is 4. The van der Waals surface area contributed by atoms with Crippen LogP contribution in [0.25, 0.3) is 0 Å². The first-order chi connectivity index (χ1) is 14.2. The second kappa shape index (κ2) is 9.64. The van der Waals surface area contributed by atoms with Crippen LogP contribution < -0.4 is 4.90 Å². The summed E-state index contributed by atoms with van der Waals surface area (Å²) < 4.78 is 0. The van der Waals surface area contributed by atoms with Gasteiger partial charge in [0.2, 0.25) is 0 Å². The number of hydrogen-bond donors (Lipinski definition) is 1. The summed E-state index contributed by atoms with van der Waals surface area (Å²) in [5, 5.41) is 9.87. The molecule has 4 nitrogen and oxygen atoms in total. The number of anilines is 1. The molecule has 1 aliphatic carbocycles. The predicted octanol–water partition coefficient (Wildman–Crippen LogP) is 3.78. The molecule has 1 saturated heterocycles. The summed E-state index contributed by atoms with van der Waals surface area (Å²) in [6.07, 6.45) is 4.65. The molecule has 2 aromatic rings. The van der Waals surface area contributed by atoms with Crippen molar-refractivity contribution in [3.05, 3.63) is 59.7 Å². The molecule has 4 heteroatoms. The van der Waals surface area contributed by atoms with Gasteiger partial charge < -0.3 is 10.0 Å². The number of phenolic OH excluding ortho intramolecular Hbond substituents is 1. The van der Waals surface area contributed by atoms with E-state index in [0.717, 1.165) is 52.1 Å². The van der Waals surface area contributed by atoms with Crippen LogP contribution in [0.4, 0.5) is 5.69 Å². The van der Waals surface area contributed by atoms with Crippen molar-refractivity contribution < 1.29 is 5.11 Å². The molecular formula is C25H35N3O. The molecule has 29 heavy (non-hydrogen) atoms. The van der Waals surface area contributed by atoms with Crippen molar-refractivity contribution >= 4 is 5.69 Å². The molecule has 0 radical (unpaired) electrons. The van der Waals surface area contributed by atoms with Gasteiger partial charge in [-0.3, -0.25) is 9.80 Å². The third-order valence-electron chi connectivity index (χ3n) is 6.62. The minimum Gasteiger partial charge on any atom is -0.508 e. The van der Waals surface area contributed by atoms with Crippen LogP contribution in [0.2, 0.25) is 0 Å². The van der Waals surface area contributed by atoms with Crippen molar-refractivity contribution in [2.75, 3.05) is 50.7 Å². The van der Waals surface area contributed by atoms with Gasteiger partial charge in [0.1, 0.15) is 5.75 Å². The van der Waals surface area contributed by atoms with Gasteiger partial charge in [0, 0.05) is 51.0 Å². The second-order valence-electron chi connectivity index (χ2n) is 8.55. The molecule has 1 N–H and O–H groups in total. The third kappa shape index (κ3) is 5.12. The summed E-state index contributed by atoms with van der Waals surface area (Å²) >= 11 is 0. The van der Waals surface area contributed by atoms with Gasteiger partial charge in [0.05, 0.1) is 0 Å². The molecular weight excluding hydrogens is 358 g/mol. The van der Waals surface area contributed by atoms with E-state index in [0.29, 0.717) is 11.8 Å². The summed E-state index contributed by atoms with van der Waals surface area (Å²) in [6, 6.07) is 17.3. The normalized spacial score (nSPS) is 20.1. The van der Waals surface area contributed by atoms with Gasteiger partial charge in [-0.15, -0.1) is 0 Å². The van der Waals surface area contributed by atoms with Crippen molar-refractivity contribution in [3.63, 3.8) is 0 Å². The first-order valence-electron chi connectivity index (χ1n) is 11.3. The summed E-state index contributed by atoms with van der Waals surface area (Å²) in [7, 11) is 0. The van der Waals surface area contributed by atoms with Crippen LogP contribution in [0.15, 0.2) is 48.5 Å². The van der Waals surface area contributed by atoms with E-state index in [4.69, 9.17) is 0 Å². The van der Waals surface area contributed by atoms with E-state index in [2.05, 4.69) is 58.0 Å². The Bertz CT molecular complexity index is 771. The largest absolute Gasteiger partial charge is 0.508 e. The maximum absolute atomic E-state index is 9.87. The van der Waals surface area contributed by atoms with E-state index < -0.39 is 0 Å². The van der Waals surface area contributed by atoms with Crippen LogP contribution in [-0.4, -0.2) is 66.8 Å². The predicted molar refractivity (Wildman–Crippen MR) is 121 cm³/mol. The van der Waals surface area contributed by atoms with E-state index in [-0.39, 0.29) is 0 Å². The Kier molecular flexibility index (Phi) is 6.73. The highest BCUT2D eigenvalue weighted by Crippen LogP contribution is 2.27. The Morgan fingerprint density at radius 2 is 1.76 bits per heavy atom. The molecule has 1 atom stereocenters.